The van der Waals surface area contributed by atoms with E-state index in [9.17, 15) is 4.79 Å². The van der Waals surface area contributed by atoms with Crippen LogP contribution in [0.4, 0.5) is 0 Å². The van der Waals surface area contributed by atoms with E-state index in [1.165, 1.54) is 11.8 Å². The molecule has 30 heavy (non-hydrogen) atoms. The number of rotatable bonds is 8. The lowest BCUT2D eigenvalue weighted by molar-refractivity contribution is -0.118. The van der Waals surface area contributed by atoms with Crippen molar-refractivity contribution in [3.05, 3.63) is 85.1 Å². The van der Waals surface area contributed by atoms with Crippen LogP contribution in [0.25, 0.3) is 22.3 Å². The monoisotopic (exact) mass is 415 g/mol. The number of aromatic nitrogens is 4. The number of hydrogen-bond acceptors (Lipinski definition) is 5. The summed E-state index contributed by atoms with van der Waals surface area (Å²) in [7, 11) is 0. The van der Waals surface area contributed by atoms with Crippen molar-refractivity contribution in [3.8, 4) is 11.4 Å². The zero-order valence-electron chi connectivity index (χ0n) is 16.4. The van der Waals surface area contributed by atoms with Crippen molar-refractivity contribution in [2.75, 3.05) is 5.75 Å². The largest absolute Gasteiger partial charge is 0.351 e. The summed E-state index contributed by atoms with van der Waals surface area (Å²) in [6.07, 6.45) is 3.58. The summed E-state index contributed by atoms with van der Waals surface area (Å²) >= 11 is 1.37. The number of nitrogens with one attached hydrogen (secondary N) is 1. The lowest BCUT2D eigenvalue weighted by Gasteiger charge is -2.09. The second-order valence-electron chi connectivity index (χ2n) is 6.67. The highest BCUT2D eigenvalue weighted by molar-refractivity contribution is 7.99. The lowest BCUT2D eigenvalue weighted by atomic mass is 10.1. The van der Waals surface area contributed by atoms with Gasteiger partial charge in [0.1, 0.15) is 0 Å². The lowest BCUT2D eigenvalue weighted by Crippen LogP contribution is -2.24. The van der Waals surface area contributed by atoms with E-state index in [-0.39, 0.29) is 11.7 Å². The third kappa shape index (κ3) is 4.58. The van der Waals surface area contributed by atoms with E-state index in [1.807, 2.05) is 65.2 Å². The fourth-order valence-electron chi connectivity index (χ4n) is 3.10. The molecule has 1 N–H and O–H groups in total. The third-order valence-corrected chi connectivity index (χ3v) is 5.52. The molecule has 0 aliphatic rings. The Labute approximate surface area is 179 Å². The smallest absolute Gasteiger partial charge is 0.230 e. The van der Waals surface area contributed by atoms with Gasteiger partial charge < -0.3 is 5.32 Å². The molecule has 0 unspecified atom stereocenters. The molecule has 0 aliphatic carbocycles. The zero-order chi connectivity index (χ0) is 20.8. The fraction of sp³-hybridized carbons (Fsp3) is 0.130. The number of nitrogens with zero attached hydrogens (tertiary/aromatic N) is 4. The number of pyridine rings is 1. The zero-order valence-corrected chi connectivity index (χ0v) is 17.2. The summed E-state index contributed by atoms with van der Waals surface area (Å²) < 4.78 is 1.97. The van der Waals surface area contributed by atoms with E-state index >= 15 is 0 Å². The van der Waals surface area contributed by atoms with Crippen LogP contribution in [-0.4, -0.2) is 31.4 Å². The Morgan fingerprint density at radius 1 is 1.10 bits per heavy atom. The van der Waals surface area contributed by atoms with E-state index in [2.05, 4.69) is 27.1 Å². The molecule has 0 aliphatic heterocycles. The van der Waals surface area contributed by atoms with Gasteiger partial charge in [0.05, 0.1) is 11.3 Å². The van der Waals surface area contributed by atoms with Gasteiger partial charge in [-0.05, 0) is 29.8 Å². The van der Waals surface area contributed by atoms with Gasteiger partial charge in [-0.25, -0.2) is 0 Å². The van der Waals surface area contributed by atoms with Crippen LogP contribution in [-0.2, 0) is 17.9 Å². The van der Waals surface area contributed by atoms with E-state index in [0.717, 1.165) is 27.9 Å². The van der Waals surface area contributed by atoms with Crippen molar-refractivity contribution >= 4 is 28.6 Å². The minimum Gasteiger partial charge on any atom is -0.351 e. The van der Waals surface area contributed by atoms with Crippen LogP contribution in [0, 0.1) is 0 Å². The molecule has 2 aromatic carbocycles. The maximum atomic E-state index is 12.3. The second-order valence-corrected chi connectivity index (χ2v) is 7.61. The number of thioether (sulfide) groups is 1. The van der Waals surface area contributed by atoms with E-state index < -0.39 is 0 Å². The number of benzene rings is 2. The standard InChI is InChI=1S/C23H21N5OS/c1-2-13-28-22(19-10-11-20-18(14-19)9-6-12-24-20)26-27-23(28)30-16-21(29)25-15-17-7-4-3-5-8-17/h2-12,14H,1,13,15-16H2,(H,25,29). The van der Waals surface area contributed by atoms with Crippen LogP contribution in [0.15, 0.2) is 84.7 Å². The van der Waals surface area contributed by atoms with Crippen molar-refractivity contribution < 1.29 is 4.79 Å². The summed E-state index contributed by atoms with van der Waals surface area (Å²) in [5.74, 6) is 0.965. The van der Waals surface area contributed by atoms with E-state index in [0.29, 0.717) is 18.2 Å². The van der Waals surface area contributed by atoms with Gasteiger partial charge in [-0.1, -0.05) is 54.2 Å². The first-order chi connectivity index (χ1) is 14.7. The average molecular weight is 416 g/mol. The quantitative estimate of drug-likeness (QED) is 0.347. The number of allylic oxidation sites excluding steroid dienone is 1. The predicted molar refractivity (Wildman–Crippen MR) is 120 cm³/mol. The average Bonchev–Trinajstić information content (AvgIpc) is 3.19. The number of amides is 1. The van der Waals surface area contributed by atoms with Gasteiger partial charge in [-0.2, -0.15) is 0 Å². The molecule has 6 nitrogen and oxygen atoms in total. The molecule has 2 heterocycles. The highest BCUT2D eigenvalue weighted by Crippen LogP contribution is 2.26. The summed E-state index contributed by atoms with van der Waals surface area (Å²) in [6, 6.07) is 19.8. The first-order valence-electron chi connectivity index (χ1n) is 9.57. The van der Waals surface area contributed by atoms with Crippen LogP contribution in [0.5, 0.6) is 0 Å². The maximum absolute atomic E-state index is 12.3. The van der Waals surface area contributed by atoms with Crippen molar-refractivity contribution in [3.63, 3.8) is 0 Å². The fourth-order valence-corrected chi connectivity index (χ4v) is 3.87. The molecule has 0 saturated carbocycles. The first kappa shape index (κ1) is 19.8. The summed E-state index contributed by atoms with van der Waals surface area (Å²) in [4.78, 5) is 16.6. The Morgan fingerprint density at radius 2 is 1.97 bits per heavy atom. The van der Waals surface area contributed by atoms with Crippen LogP contribution >= 0.6 is 11.8 Å². The third-order valence-electron chi connectivity index (χ3n) is 4.55. The minimum atomic E-state index is -0.0460. The second kappa shape index (κ2) is 9.37. The van der Waals surface area contributed by atoms with Gasteiger partial charge in [0.2, 0.25) is 5.91 Å². The number of fused-ring (bicyclic) bond motifs is 1. The molecular formula is C23H21N5OS. The molecule has 0 saturated heterocycles. The van der Waals surface area contributed by atoms with Crippen molar-refractivity contribution in [2.24, 2.45) is 0 Å². The Kier molecular flexibility index (Phi) is 6.20. The Balaban J connectivity index is 1.47. The van der Waals surface area contributed by atoms with Crippen molar-refractivity contribution in [1.82, 2.24) is 25.1 Å². The molecule has 0 spiro atoms. The summed E-state index contributed by atoms with van der Waals surface area (Å²) in [5.41, 5.74) is 2.95. The minimum absolute atomic E-state index is 0.0460. The van der Waals surface area contributed by atoms with Crippen LogP contribution in [0.2, 0.25) is 0 Å². The molecule has 2 aromatic heterocycles. The van der Waals surface area contributed by atoms with Gasteiger partial charge in [0.15, 0.2) is 11.0 Å². The topological polar surface area (TPSA) is 72.7 Å². The summed E-state index contributed by atoms with van der Waals surface area (Å²) in [6.45, 7) is 4.91. The molecule has 4 aromatic rings. The summed E-state index contributed by atoms with van der Waals surface area (Å²) in [5, 5.41) is 13.4. The predicted octanol–water partition coefficient (Wildman–Crippen LogP) is 4.09. The maximum Gasteiger partial charge on any atom is 0.230 e. The molecule has 7 heteroatoms. The SMILES string of the molecule is C=CCn1c(SCC(=O)NCc2ccccc2)nnc1-c1ccc2ncccc2c1. The van der Waals surface area contributed by atoms with Gasteiger partial charge >= 0.3 is 0 Å². The number of carbonyl (C=O) groups is 1. The van der Waals surface area contributed by atoms with Gasteiger partial charge in [0.25, 0.3) is 0 Å². The van der Waals surface area contributed by atoms with Crippen molar-refractivity contribution in [2.45, 2.75) is 18.2 Å². The van der Waals surface area contributed by atoms with Crippen molar-refractivity contribution in [1.29, 1.82) is 0 Å². The molecule has 0 radical (unpaired) electrons. The Morgan fingerprint density at radius 3 is 2.80 bits per heavy atom. The number of carbonyl (C=O) groups excluding carboxylic acids is 1. The normalized spacial score (nSPS) is 10.8. The highest BCUT2D eigenvalue weighted by atomic mass is 32.2. The molecule has 4 rings (SSSR count). The van der Waals surface area contributed by atoms with E-state index in [1.54, 1.807) is 12.3 Å². The Hall–Kier alpha value is -3.45. The molecule has 0 fully saturated rings. The molecule has 1 amide bonds. The molecule has 0 bridgehead atoms. The van der Waals surface area contributed by atoms with Gasteiger partial charge in [0, 0.05) is 30.2 Å². The first-order valence-corrected chi connectivity index (χ1v) is 10.6. The van der Waals surface area contributed by atoms with Gasteiger partial charge in [-0.15, -0.1) is 16.8 Å². The van der Waals surface area contributed by atoms with Crippen LogP contribution in [0.3, 0.4) is 0 Å². The van der Waals surface area contributed by atoms with E-state index in [4.69, 9.17) is 0 Å². The molecule has 150 valence electrons. The van der Waals surface area contributed by atoms with Crippen LogP contribution < -0.4 is 5.32 Å². The number of hydrogen-bond donors (Lipinski definition) is 1. The van der Waals surface area contributed by atoms with Gasteiger partial charge in [-0.3, -0.25) is 14.3 Å². The molecule has 0 atom stereocenters. The highest BCUT2D eigenvalue weighted by Gasteiger charge is 2.15. The molecular weight excluding hydrogens is 394 g/mol. The Bertz CT molecular complexity index is 1170. The van der Waals surface area contributed by atoms with Crippen LogP contribution in [0.1, 0.15) is 5.56 Å².